The molecular formula is C16H21ClIN. The van der Waals surface area contributed by atoms with E-state index in [2.05, 4.69) is 53.2 Å². The number of nitrogens with one attached hydrogen (secondary N) is 1. The number of hydrogen-bond acceptors (Lipinski definition) is 1. The van der Waals surface area contributed by atoms with Gasteiger partial charge in [0, 0.05) is 9.61 Å². The summed E-state index contributed by atoms with van der Waals surface area (Å²) in [6, 6.07) is 6.95. The molecule has 0 radical (unpaired) electrons. The summed E-state index contributed by atoms with van der Waals surface area (Å²) in [6.45, 7) is 0. The Morgan fingerprint density at radius 3 is 2.79 bits per heavy atom. The summed E-state index contributed by atoms with van der Waals surface area (Å²) in [4.78, 5) is 0. The van der Waals surface area contributed by atoms with Crippen molar-refractivity contribution in [3.63, 3.8) is 0 Å². The Balaban J connectivity index is 1.71. The highest BCUT2D eigenvalue weighted by molar-refractivity contribution is 14.1. The molecule has 2 aliphatic rings. The fraction of sp³-hybridized carbons (Fsp3) is 0.625. The second-order valence-corrected chi connectivity index (χ2v) is 7.75. The van der Waals surface area contributed by atoms with Crippen LogP contribution in [0.2, 0.25) is 5.02 Å². The molecule has 0 saturated heterocycles. The molecule has 0 spiro atoms. The van der Waals surface area contributed by atoms with E-state index in [9.17, 15) is 0 Å². The molecule has 3 heteroatoms. The Morgan fingerprint density at radius 1 is 1.37 bits per heavy atom. The zero-order valence-corrected chi connectivity index (χ0v) is 14.2. The molecule has 1 N–H and O–H groups in total. The smallest absolute Gasteiger partial charge is 0.0542 e. The van der Waals surface area contributed by atoms with Crippen molar-refractivity contribution in [3.05, 3.63) is 32.4 Å². The number of rotatable bonds is 4. The third-order valence-electron chi connectivity index (χ3n) is 5.12. The maximum absolute atomic E-state index is 6.26. The van der Waals surface area contributed by atoms with Gasteiger partial charge in [-0.15, -0.1) is 0 Å². The average molecular weight is 390 g/mol. The fourth-order valence-corrected chi connectivity index (χ4v) is 4.64. The minimum absolute atomic E-state index is 0.457. The molecule has 1 aromatic rings. The molecule has 104 valence electrons. The van der Waals surface area contributed by atoms with Crippen molar-refractivity contribution >= 4 is 34.2 Å². The standard InChI is InChI=1S/C16H21ClIN/c1-19-16(12-4-5-15(18)14(17)8-12)9-13-7-10-2-3-11(13)6-10/h4-5,8,10-11,13,16,19H,2-3,6-7,9H2,1H3. The van der Waals surface area contributed by atoms with E-state index in [0.717, 1.165) is 26.3 Å². The number of benzene rings is 1. The molecular weight excluding hydrogens is 369 g/mol. The molecule has 1 aromatic carbocycles. The van der Waals surface area contributed by atoms with E-state index in [-0.39, 0.29) is 0 Å². The van der Waals surface area contributed by atoms with Crippen molar-refractivity contribution in [2.45, 2.75) is 38.1 Å². The molecule has 2 saturated carbocycles. The molecule has 19 heavy (non-hydrogen) atoms. The van der Waals surface area contributed by atoms with E-state index in [1.54, 1.807) is 0 Å². The van der Waals surface area contributed by atoms with Crippen molar-refractivity contribution in [1.82, 2.24) is 5.32 Å². The zero-order valence-electron chi connectivity index (χ0n) is 11.3. The first-order valence-corrected chi connectivity index (χ1v) is 8.75. The third kappa shape index (κ3) is 2.96. The van der Waals surface area contributed by atoms with Gasteiger partial charge in [0.2, 0.25) is 0 Å². The molecule has 2 aliphatic carbocycles. The average Bonchev–Trinajstić information content (AvgIpc) is 3.01. The van der Waals surface area contributed by atoms with Crippen LogP contribution in [0.3, 0.4) is 0 Å². The second kappa shape index (κ2) is 5.90. The maximum Gasteiger partial charge on any atom is 0.0542 e. The van der Waals surface area contributed by atoms with Gasteiger partial charge in [0.1, 0.15) is 0 Å². The van der Waals surface area contributed by atoms with E-state index >= 15 is 0 Å². The molecule has 3 rings (SSSR count). The monoisotopic (exact) mass is 389 g/mol. The van der Waals surface area contributed by atoms with Crippen LogP contribution in [-0.4, -0.2) is 7.05 Å². The molecule has 2 fully saturated rings. The van der Waals surface area contributed by atoms with Crippen LogP contribution in [0.5, 0.6) is 0 Å². The minimum Gasteiger partial charge on any atom is -0.313 e. The third-order valence-corrected chi connectivity index (χ3v) is 6.69. The second-order valence-electron chi connectivity index (χ2n) is 6.19. The molecule has 0 aliphatic heterocycles. The van der Waals surface area contributed by atoms with E-state index in [0.29, 0.717) is 6.04 Å². The van der Waals surface area contributed by atoms with Gasteiger partial charge in [0.25, 0.3) is 0 Å². The van der Waals surface area contributed by atoms with Gasteiger partial charge < -0.3 is 5.32 Å². The van der Waals surface area contributed by atoms with E-state index < -0.39 is 0 Å². The van der Waals surface area contributed by atoms with Crippen molar-refractivity contribution in [1.29, 1.82) is 0 Å². The first-order chi connectivity index (χ1) is 9.17. The van der Waals surface area contributed by atoms with E-state index in [4.69, 9.17) is 11.6 Å². The number of hydrogen-bond donors (Lipinski definition) is 1. The van der Waals surface area contributed by atoms with Gasteiger partial charge in [0.05, 0.1) is 5.02 Å². The summed E-state index contributed by atoms with van der Waals surface area (Å²) >= 11 is 8.55. The highest BCUT2D eigenvalue weighted by Crippen LogP contribution is 2.51. The van der Waals surface area contributed by atoms with Crippen LogP contribution in [0.1, 0.15) is 43.7 Å². The lowest BCUT2D eigenvalue weighted by molar-refractivity contribution is 0.284. The summed E-state index contributed by atoms with van der Waals surface area (Å²) in [5.41, 5.74) is 1.34. The largest absolute Gasteiger partial charge is 0.313 e. The molecule has 1 nitrogen and oxygen atoms in total. The lowest BCUT2D eigenvalue weighted by Crippen LogP contribution is -2.22. The Kier molecular flexibility index (Phi) is 4.40. The highest BCUT2D eigenvalue weighted by Gasteiger charge is 2.40. The molecule has 2 bridgehead atoms. The topological polar surface area (TPSA) is 12.0 Å². The van der Waals surface area contributed by atoms with Gasteiger partial charge in [-0.05, 0) is 90.8 Å². The molecule has 0 heterocycles. The Hall–Kier alpha value is 0.200. The minimum atomic E-state index is 0.457. The van der Waals surface area contributed by atoms with Crippen LogP contribution < -0.4 is 5.32 Å². The number of halogens is 2. The van der Waals surface area contributed by atoms with E-state index in [1.807, 2.05) is 0 Å². The van der Waals surface area contributed by atoms with Crippen LogP contribution in [0, 0.1) is 21.3 Å². The van der Waals surface area contributed by atoms with Crippen LogP contribution in [0.15, 0.2) is 18.2 Å². The summed E-state index contributed by atoms with van der Waals surface area (Å²) in [5.74, 6) is 2.96. The van der Waals surface area contributed by atoms with Crippen molar-refractivity contribution < 1.29 is 0 Å². The highest BCUT2D eigenvalue weighted by atomic mass is 127. The van der Waals surface area contributed by atoms with Gasteiger partial charge in [-0.25, -0.2) is 0 Å². The van der Waals surface area contributed by atoms with Crippen LogP contribution in [0.25, 0.3) is 0 Å². The van der Waals surface area contributed by atoms with E-state index in [1.165, 1.54) is 37.7 Å². The zero-order chi connectivity index (χ0) is 13.4. The normalized spacial score (nSPS) is 30.8. The maximum atomic E-state index is 6.26. The number of fused-ring (bicyclic) bond motifs is 2. The van der Waals surface area contributed by atoms with Crippen LogP contribution >= 0.6 is 34.2 Å². The van der Waals surface area contributed by atoms with Crippen LogP contribution in [0.4, 0.5) is 0 Å². The van der Waals surface area contributed by atoms with Gasteiger partial charge in [0.15, 0.2) is 0 Å². The summed E-state index contributed by atoms with van der Waals surface area (Å²) < 4.78 is 1.14. The Morgan fingerprint density at radius 2 is 2.21 bits per heavy atom. The first kappa shape index (κ1) is 14.2. The molecule has 4 atom stereocenters. The van der Waals surface area contributed by atoms with Gasteiger partial charge in [-0.2, -0.15) is 0 Å². The predicted octanol–water partition coefficient (Wildman–Crippen LogP) is 5.03. The van der Waals surface area contributed by atoms with Gasteiger partial charge >= 0.3 is 0 Å². The predicted molar refractivity (Wildman–Crippen MR) is 89.5 cm³/mol. The van der Waals surface area contributed by atoms with Crippen molar-refractivity contribution in [2.75, 3.05) is 7.05 Å². The summed E-state index contributed by atoms with van der Waals surface area (Å²) in [7, 11) is 2.07. The van der Waals surface area contributed by atoms with Gasteiger partial charge in [-0.3, -0.25) is 0 Å². The quantitative estimate of drug-likeness (QED) is 0.712. The van der Waals surface area contributed by atoms with Crippen molar-refractivity contribution in [2.24, 2.45) is 17.8 Å². The van der Waals surface area contributed by atoms with Crippen LogP contribution in [-0.2, 0) is 0 Å². The first-order valence-electron chi connectivity index (χ1n) is 7.29. The molecule has 0 amide bonds. The summed E-state index contributed by atoms with van der Waals surface area (Å²) in [6.07, 6.45) is 7.18. The molecule has 0 aromatic heterocycles. The molecule has 4 unspecified atom stereocenters. The lowest BCUT2D eigenvalue weighted by Gasteiger charge is -2.27. The van der Waals surface area contributed by atoms with Gasteiger partial charge in [-0.1, -0.05) is 24.1 Å². The summed E-state index contributed by atoms with van der Waals surface area (Å²) in [5, 5.41) is 4.37. The lowest BCUT2D eigenvalue weighted by atomic mass is 9.83. The fourth-order valence-electron chi connectivity index (χ4n) is 4.12. The Bertz CT molecular complexity index is 462. The SMILES string of the molecule is CNC(CC1CC2CCC1C2)c1ccc(I)c(Cl)c1. The Labute approximate surface area is 134 Å². The van der Waals surface area contributed by atoms with Crippen molar-refractivity contribution in [3.8, 4) is 0 Å².